The Bertz CT molecular complexity index is 719. The van der Waals surface area contributed by atoms with Gasteiger partial charge in [0.1, 0.15) is 5.82 Å². The van der Waals surface area contributed by atoms with E-state index in [9.17, 15) is 4.79 Å². The minimum absolute atomic E-state index is 0.0114. The van der Waals surface area contributed by atoms with Crippen LogP contribution in [0.5, 0.6) is 0 Å². The zero-order valence-electron chi connectivity index (χ0n) is 15.6. The minimum Gasteiger partial charge on any atom is -0.373 e. The fourth-order valence-corrected chi connectivity index (χ4v) is 4.03. The lowest BCUT2D eigenvalue weighted by molar-refractivity contribution is -0.116. The van der Waals surface area contributed by atoms with Gasteiger partial charge in [0.2, 0.25) is 5.91 Å². The number of anilines is 1. The SMILES string of the molecule is Cc1nccn1CCCC(=O)Nc1nc(CN2CC(C)OC(C)C2)cs1. The summed E-state index contributed by atoms with van der Waals surface area (Å²) in [6, 6.07) is 0. The first-order valence-corrected chi connectivity index (χ1v) is 9.97. The van der Waals surface area contributed by atoms with Crippen LogP contribution in [0, 0.1) is 6.92 Å². The molecule has 3 heterocycles. The van der Waals surface area contributed by atoms with Crippen molar-refractivity contribution in [3.8, 4) is 0 Å². The van der Waals surface area contributed by atoms with E-state index in [1.54, 1.807) is 6.20 Å². The summed E-state index contributed by atoms with van der Waals surface area (Å²) in [5.41, 5.74) is 1.00. The monoisotopic (exact) mass is 377 g/mol. The zero-order chi connectivity index (χ0) is 18.5. The molecule has 0 spiro atoms. The van der Waals surface area contributed by atoms with Crippen LogP contribution in [0.15, 0.2) is 17.8 Å². The van der Waals surface area contributed by atoms with Gasteiger partial charge >= 0.3 is 0 Å². The molecule has 1 fully saturated rings. The number of ether oxygens (including phenoxy) is 1. The third kappa shape index (κ3) is 5.36. The van der Waals surface area contributed by atoms with E-state index in [0.29, 0.717) is 11.6 Å². The quantitative estimate of drug-likeness (QED) is 0.803. The zero-order valence-corrected chi connectivity index (χ0v) is 16.5. The first kappa shape index (κ1) is 19.0. The van der Waals surface area contributed by atoms with Gasteiger partial charge in [0.15, 0.2) is 5.13 Å². The number of carbonyl (C=O) groups excluding carboxylic acids is 1. The number of amides is 1. The van der Waals surface area contributed by atoms with Crippen LogP contribution in [0.2, 0.25) is 0 Å². The van der Waals surface area contributed by atoms with Crippen LogP contribution in [-0.4, -0.2) is 50.6 Å². The lowest BCUT2D eigenvalue weighted by atomic mass is 10.2. The van der Waals surface area contributed by atoms with Crippen molar-refractivity contribution in [1.29, 1.82) is 0 Å². The molecular weight excluding hydrogens is 350 g/mol. The van der Waals surface area contributed by atoms with Gasteiger partial charge in [-0.1, -0.05) is 0 Å². The molecule has 2 aromatic rings. The van der Waals surface area contributed by atoms with Crippen LogP contribution >= 0.6 is 11.3 Å². The van der Waals surface area contributed by atoms with E-state index in [2.05, 4.69) is 38.6 Å². The number of aromatic nitrogens is 3. The average molecular weight is 378 g/mol. The topological polar surface area (TPSA) is 72.3 Å². The van der Waals surface area contributed by atoms with Crippen molar-refractivity contribution in [2.75, 3.05) is 18.4 Å². The second kappa shape index (κ2) is 8.75. The van der Waals surface area contributed by atoms with E-state index in [1.807, 2.05) is 18.5 Å². The predicted octanol–water partition coefficient (Wildman–Crippen LogP) is 2.68. The first-order chi connectivity index (χ1) is 12.5. The number of imidazole rings is 1. The fraction of sp³-hybridized carbons (Fsp3) is 0.611. The molecule has 0 bridgehead atoms. The van der Waals surface area contributed by atoms with Gasteiger partial charge in [-0.15, -0.1) is 11.3 Å². The van der Waals surface area contributed by atoms with Crippen molar-refractivity contribution in [2.24, 2.45) is 0 Å². The summed E-state index contributed by atoms with van der Waals surface area (Å²) in [6.07, 6.45) is 5.47. The second-order valence-electron chi connectivity index (χ2n) is 6.91. The van der Waals surface area contributed by atoms with Gasteiger partial charge in [-0.25, -0.2) is 9.97 Å². The molecule has 1 saturated heterocycles. The molecule has 7 nitrogen and oxygen atoms in total. The van der Waals surface area contributed by atoms with Gasteiger partial charge in [0.25, 0.3) is 0 Å². The molecule has 1 N–H and O–H groups in total. The highest BCUT2D eigenvalue weighted by molar-refractivity contribution is 7.13. The second-order valence-corrected chi connectivity index (χ2v) is 7.77. The van der Waals surface area contributed by atoms with Crippen molar-refractivity contribution in [3.05, 3.63) is 29.3 Å². The Morgan fingerprint density at radius 3 is 2.85 bits per heavy atom. The van der Waals surface area contributed by atoms with Crippen molar-refractivity contribution in [2.45, 2.75) is 58.9 Å². The minimum atomic E-state index is 0.0114. The largest absolute Gasteiger partial charge is 0.373 e. The highest BCUT2D eigenvalue weighted by Crippen LogP contribution is 2.19. The molecule has 1 amide bonds. The number of rotatable bonds is 7. The Labute approximate surface area is 158 Å². The third-order valence-corrected chi connectivity index (χ3v) is 5.21. The summed E-state index contributed by atoms with van der Waals surface area (Å²) in [7, 11) is 0. The molecule has 0 radical (unpaired) electrons. The van der Waals surface area contributed by atoms with E-state index in [1.165, 1.54) is 11.3 Å². The summed E-state index contributed by atoms with van der Waals surface area (Å²) >= 11 is 1.49. The number of morpholine rings is 1. The summed E-state index contributed by atoms with van der Waals surface area (Å²) in [4.78, 5) is 23.2. The van der Waals surface area contributed by atoms with E-state index in [4.69, 9.17) is 4.74 Å². The Kier molecular flexibility index (Phi) is 6.39. The van der Waals surface area contributed by atoms with Crippen molar-refractivity contribution < 1.29 is 9.53 Å². The van der Waals surface area contributed by atoms with Crippen LogP contribution in [0.1, 0.15) is 38.2 Å². The molecular formula is C18H27N5O2S. The number of nitrogens with one attached hydrogen (secondary N) is 1. The smallest absolute Gasteiger partial charge is 0.226 e. The molecule has 1 aliphatic heterocycles. The molecule has 142 valence electrons. The van der Waals surface area contributed by atoms with E-state index >= 15 is 0 Å². The van der Waals surface area contributed by atoms with Gasteiger partial charge in [0, 0.05) is 50.4 Å². The van der Waals surface area contributed by atoms with Gasteiger partial charge in [-0.05, 0) is 27.2 Å². The van der Waals surface area contributed by atoms with E-state index in [0.717, 1.165) is 44.1 Å². The maximum absolute atomic E-state index is 12.1. The molecule has 2 aromatic heterocycles. The van der Waals surface area contributed by atoms with E-state index in [-0.39, 0.29) is 18.1 Å². The van der Waals surface area contributed by atoms with Gasteiger partial charge in [-0.2, -0.15) is 0 Å². The number of thiazole rings is 1. The van der Waals surface area contributed by atoms with Crippen molar-refractivity contribution in [3.63, 3.8) is 0 Å². The van der Waals surface area contributed by atoms with Crippen LogP contribution in [-0.2, 0) is 22.6 Å². The summed E-state index contributed by atoms with van der Waals surface area (Å²) in [5, 5.41) is 5.61. The highest BCUT2D eigenvalue weighted by Gasteiger charge is 2.22. The molecule has 26 heavy (non-hydrogen) atoms. The summed E-state index contributed by atoms with van der Waals surface area (Å²) < 4.78 is 7.82. The standard InChI is InChI=1S/C18H27N5O2S/c1-13-9-22(10-14(2)25-13)11-16-12-26-18(20-16)21-17(24)5-4-7-23-8-6-19-15(23)3/h6,8,12-14H,4-5,7,9-11H2,1-3H3,(H,20,21,24). The third-order valence-electron chi connectivity index (χ3n) is 4.41. The molecule has 1 aliphatic rings. The van der Waals surface area contributed by atoms with Gasteiger partial charge in [0.05, 0.1) is 17.9 Å². The van der Waals surface area contributed by atoms with Gasteiger partial charge < -0.3 is 14.6 Å². The van der Waals surface area contributed by atoms with Gasteiger partial charge in [-0.3, -0.25) is 9.69 Å². The summed E-state index contributed by atoms with van der Waals surface area (Å²) in [5.74, 6) is 0.985. The number of aryl methyl sites for hydroxylation is 2. The Hall–Kier alpha value is -1.77. The summed E-state index contributed by atoms with van der Waals surface area (Å²) in [6.45, 7) is 9.59. The molecule has 2 atom stereocenters. The molecule has 2 unspecified atom stereocenters. The van der Waals surface area contributed by atoms with E-state index < -0.39 is 0 Å². The highest BCUT2D eigenvalue weighted by atomic mass is 32.1. The maximum Gasteiger partial charge on any atom is 0.226 e. The molecule has 0 saturated carbocycles. The maximum atomic E-state index is 12.1. The molecule has 0 aliphatic carbocycles. The van der Waals surface area contributed by atoms with Crippen LogP contribution in [0.3, 0.4) is 0 Å². The Balaban J connectivity index is 1.42. The molecule has 3 rings (SSSR count). The average Bonchev–Trinajstić information content (AvgIpc) is 3.16. The van der Waals surface area contributed by atoms with Crippen LogP contribution in [0.25, 0.3) is 0 Å². The van der Waals surface area contributed by atoms with Crippen LogP contribution in [0.4, 0.5) is 5.13 Å². The normalized spacial score (nSPS) is 21.0. The molecule has 0 aromatic carbocycles. The Morgan fingerprint density at radius 1 is 1.38 bits per heavy atom. The number of hydrogen-bond donors (Lipinski definition) is 1. The number of hydrogen-bond acceptors (Lipinski definition) is 6. The molecule has 8 heteroatoms. The number of carbonyl (C=O) groups is 1. The first-order valence-electron chi connectivity index (χ1n) is 9.09. The lowest BCUT2D eigenvalue weighted by Crippen LogP contribution is -2.44. The fourth-order valence-electron chi connectivity index (χ4n) is 3.31. The lowest BCUT2D eigenvalue weighted by Gasteiger charge is -2.34. The van der Waals surface area contributed by atoms with Crippen LogP contribution < -0.4 is 5.32 Å². The van der Waals surface area contributed by atoms with Crippen molar-refractivity contribution >= 4 is 22.4 Å². The number of nitrogens with zero attached hydrogens (tertiary/aromatic N) is 4. The predicted molar refractivity (Wildman–Crippen MR) is 102 cm³/mol. The van der Waals surface area contributed by atoms with Crippen molar-refractivity contribution in [1.82, 2.24) is 19.4 Å². The Morgan fingerprint density at radius 2 is 2.15 bits per heavy atom.